The van der Waals surface area contributed by atoms with Crippen molar-refractivity contribution in [1.29, 1.82) is 0 Å². The van der Waals surface area contributed by atoms with Crippen LogP contribution in [0.15, 0.2) is 0 Å². The fourth-order valence-electron chi connectivity index (χ4n) is 2.24. The summed E-state index contributed by atoms with van der Waals surface area (Å²) < 4.78 is 0. The van der Waals surface area contributed by atoms with Gasteiger partial charge in [-0.15, -0.1) is 11.3 Å². The van der Waals surface area contributed by atoms with Crippen LogP contribution in [0.1, 0.15) is 33.2 Å². The zero-order valence-electron chi connectivity index (χ0n) is 10.6. The highest BCUT2D eigenvalue weighted by Gasteiger charge is 2.28. The predicted octanol–water partition coefficient (Wildman–Crippen LogP) is 1.10. The molecule has 0 bridgehead atoms. The maximum absolute atomic E-state index is 12.3. The number of likely N-dealkylation sites (tertiary alicyclic amines) is 1. The van der Waals surface area contributed by atoms with E-state index in [9.17, 15) is 9.59 Å². The molecule has 0 saturated carbocycles. The molecule has 0 radical (unpaired) electrons. The van der Waals surface area contributed by atoms with E-state index in [0.29, 0.717) is 30.8 Å². The third kappa shape index (κ3) is 2.53. The van der Waals surface area contributed by atoms with Crippen LogP contribution in [0.25, 0.3) is 0 Å². The summed E-state index contributed by atoms with van der Waals surface area (Å²) in [5.74, 6) is -0.314. The highest BCUT2D eigenvalue weighted by Crippen LogP contribution is 2.23. The molecule has 2 rings (SSSR count). The first-order valence-corrected chi connectivity index (χ1v) is 6.83. The number of thiazole rings is 1. The van der Waals surface area contributed by atoms with Crippen molar-refractivity contribution in [3.05, 3.63) is 15.6 Å². The number of nitrogens with zero attached hydrogens (tertiary/aromatic N) is 2. The van der Waals surface area contributed by atoms with Crippen molar-refractivity contribution in [3.8, 4) is 0 Å². The molecule has 0 spiro atoms. The molecule has 6 heteroatoms. The predicted molar refractivity (Wildman–Crippen MR) is 69.4 cm³/mol. The Balaban J connectivity index is 2.04. The zero-order valence-corrected chi connectivity index (χ0v) is 11.4. The quantitative estimate of drug-likeness (QED) is 0.871. The normalized spacial score (nSPS) is 16.9. The molecular weight excluding hydrogens is 250 g/mol. The number of primary amides is 1. The second kappa shape index (κ2) is 5.06. The number of carbonyl (C=O) groups is 2. The van der Waals surface area contributed by atoms with Gasteiger partial charge in [-0.25, -0.2) is 4.98 Å². The minimum atomic E-state index is -0.257. The molecule has 1 aromatic rings. The van der Waals surface area contributed by atoms with E-state index >= 15 is 0 Å². The van der Waals surface area contributed by atoms with Crippen LogP contribution in [-0.4, -0.2) is 34.8 Å². The molecule has 5 nitrogen and oxygen atoms in total. The molecule has 1 fully saturated rings. The highest BCUT2D eigenvalue weighted by atomic mass is 32.1. The van der Waals surface area contributed by atoms with Gasteiger partial charge in [-0.3, -0.25) is 9.59 Å². The lowest BCUT2D eigenvalue weighted by Crippen LogP contribution is -2.41. The summed E-state index contributed by atoms with van der Waals surface area (Å²) >= 11 is 1.43. The molecule has 98 valence electrons. The molecule has 2 heterocycles. The fourth-order valence-corrected chi connectivity index (χ4v) is 3.13. The van der Waals surface area contributed by atoms with Crippen LogP contribution in [-0.2, 0) is 4.79 Å². The summed E-state index contributed by atoms with van der Waals surface area (Å²) in [4.78, 5) is 30.1. The van der Waals surface area contributed by atoms with Gasteiger partial charge in [0.15, 0.2) is 0 Å². The van der Waals surface area contributed by atoms with Crippen LogP contribution < -0.4 is 5.73 Å². The number of hydrogen-bond acceptors (Lipinski definition) is 4. The number of piperidine rings is 1. The molecule has 1 aliphatic rings. The van der Waals surface area contributed by atoms with Crippen LogP contribution in [0.2, 0.25) is 0 Å². The van der Waals surface area contributed by atoms with E-state index < -0.39 is 0 Å². The van der Waals surface area contributed by atoms with Crippen LogP contribution in [0, 0.1) is 19.8 Å². The van der Waals surface area contributed by atoms with E-state index in [1.54, 1.807) is 4.90 Å². The Bertz CT molecular complexity index is 476. The standard InChI is InChI=1S/C12H17N3O2S/c1-7-10(18-8(2)14-7)12(17)15-5-3-9(4-6-15)11(13)16/h9H,3-6H2,1-2H3,(H2,13,16). The van der Waals surface area contributed by atoms with Crippen molar-refractivity contribution in [2.45, 2.75) is 26.7 Å². The number of amides is 2. The first kappa shape index (κ1) is 13.0. The molecule has 2 amide bonds. The van der Waals surface area contributed by atoms with Crippen molar-refractivity contribution in [2.24, 2.45) is 11.7 Å². The number of nitrogens with two attached hydrogens (primary N) is 1. The number of rotatable bonds is 2. The Hall–Kier alpha value is -1.43. The fraction of sp³-hybridized carbons (Fsp3) is 0.583. The van der Waals surface area contributed by atoms with Gasteiger partial charge in [-0.2, -0.15) is 0 Å². The first-order valence-electron chi connectivity index (χ1n) is 6.01. The molecule has 1 saturated heterocycles. The molecule has 0 atom stereocenters. The molecule has 1 aliphatic heterocycles. The van der Waals surface area contributed by atoms with Gasteiger partial charge in [0.1, 0.15) is 4.88 Å². The lowest BCUT2D eigenvalue weighted by Gasteiger charge is -2.30. The highest BCUT2D eigenvalue weighted by molar-refractivity contribution is 7.13. The Morgan fingerprint density at radius 1 is 1.33 bits per heavy atom. The second-order valence-electron chi connectivity index (χ2n) is 4.62. The van der Waals surface area contributed by atoms with Crippen molar-refractivity contribution < 1.29 is 9.59 Å². The molecule has 1 aromatic heterocycles. The maximum atomic E-state index is 12.3. The Kier molecular flexibility index (Phi) is 3.65. The largest absolute Gasteiger partial charge is 0.369 e. The molecule has 0 aliphatic carbocycles. The van der Waals surface area contributed by atoms with Crippen molar-refractivity contribution in [3.63, 3.8) is 0 Å². The third-order valence-electron chi connectivity index (χ3n) is 3.28. The lowest BCUT2D eigenvalue weighted by molar-refractivity contribution is -0.123. The van der Waals surface area contributed by atoms with Crippen LogP contribution in [0.5, 0.6) is 0 Å². The van der Waals surface area contributed by atoms with E-state index in [4.69, 9.17) is 5.73 Å². The molecule has 2 N–H and O–H groups in total. The summed E-state index contributed by atoms with van der Waals surface area (Å²) in [7, 11) is 0. The van der Waals surface area contributed by atoms with E-state index in [2.05, 4.69) is 4.98 Å². The van der Waals surface area contributed by atoms with Crippen molar-refractivity contribution in [1.82, 2.24) is 9.88 Å². The third-order valence-corrected chi connectivity index (χ3v) is 4.34. The summed E-state index contributed by atoms with van der Waals surface area (Å²) in [6.45, 7) is 4.95. The topological polar surface area (TPSA) is 76.3 Å². The SMILES string of the molecule is Cc1nc(C)c(C(=O)N2CCC(C(N)=O)CC2)s1. The summed E-state index contributed by atoms with van der Waals surface area (Å²) in [5.41, 5.74) is 6.07. The van der Waals surface area contributed by atoms with Gasteiger partial charge in [-0.05, 0) is 26.7 Å². The number of aryl methyl sites for hydroxylation is 2. The van der Waals surface area contributed by atoms with E-state index in [1.165, 1.54) is 11.3 Å². The zero-order chi connectivity index (χ0) is 13.3. The Labute approximate surface area is 110 Å². The summed E-state index contributed by atoms with van der Waals surface area (Å²) in [5, 5.41) is 0.905. The van der Waals surface area contributed by atoms with Gasteiger partial charge in [-0.1, -0.05) is 0 Å². The number of hydrogen-bond donors (Lipinski definition) is 1. The smallest absolute Gasteiger partial charge is 0.265 e. The van der Waals surface area contributed by atoms with Gasteiger partial charge in [0, 0.05) is 19.0 Å². The average Bonchev–Trinajstić information content (AvgIpc) is 2.67. The van der Waals surface area contributed by atoms with Crippen molar-refractivity contribution in [2.75, 3.05) is 13.1 Å². The minimum Gasteiger partial charge on any atom is -0.369 e. The second-order valence-corrected chi connectivity index (χ2v) is 5.82. The van der Waals surface area contributed by atoms with Crippen molar-refractivity contribution >= 4 is 23.2 Å². The van der Waals surface area contributed by atoms with Crippen LogP contribution in [0.3, 0.4) is 0 Å². The minimum absolute atomic E-state index is 0.0287. The Morgan fingerprint density at radius 3 is 2.39 bits per heavy atom. The summed E-state index contributed by atoms with van der Waals surface area (Å²) in [6.07, 6.45) is 1.33. The van der Waals surface area contributed by atoms with Crippen LogP contribution >= 0.6 is 11.3 Å². The number of aromatic nitrogens is 1. The number of carbonyl (C=O) groups excluding carboxylic acids is 2. The van der Waals surface area contributed by atoms with Gasteiger partial charge in [0.25, 0.3) is 5.91 Å². The monoisotopic (exact) mass is 267 g/mol. The van der Waals surface area contributed by atoms with Gasteiger partial charge in [0.2, 0.25) is 5.91 Å². The first-order chi connectivity index (χ1) is 8.49. The van der Waals surface area contributed by atoms with E-state index in [0.717, 1.165) is 10.7 Å². The van der Waals surface area contributed by atoms with E-state index in [1.807, 2.05) is 13.8 Å². The molecule has 0 aromatic carbocycles. The Morgan fingerprint density at radius 2 is 1.94 bits per heavy atom. The lowest BCUT2D eigenvalue weighted by atomic mass is 9.96. The van der Waals surface area contributed by atoms with Gasteiger partial charge in [0.05, 0.1) is 10.7 Å². The van der Waals surface area contributed by atoms with Gasteiger partial charge < -0.3 is 10.6 Å². The van der Waals surface area contributed by atoms with Gasteiger partial charge >= 0.3 is 0 Å². The maximum Gasteiger partial charge on any atom is 0.265 e. The molecule has 18 heavy (non-hydrogen) atoms. The average molecular weight is 267 g/mol. The summed E-state index contributed by atoms with van der Waals surface area (Å²) in [6, 6.07) is 0. The van der Waals surface area contributed by atoms with E-state index in [-0.39, 0.29) is 17.7 Å². The molecular formula is C12H17N3O2S. The van der Waals surface area contributed by atoms with Crippen LogP contribution in [0.4, 0.5) is 0 Å². The molecule has 0 unspecified atom stereocenters.